The van der Waals surface area contributed by atoms with E-state index in [4.69, 9.17) is 4.42 Å². The van der Waals surface area contributed by atoms with Crippen LogP contribution in [0.5, 0.6) is 0 Å². The summed E-state index contributed by atoms with van der Waals surface area (Å²) >= 11 is 0. The Kier molecular flexibility index (Phi) is 3.78. The van der Waals surface area contributed by atoms with Gasteiger partial charge in [0.1, 0.15) is 11.3 Å². The maximum atomic E-state index is 12.4. The van der Waals surface area contributed by atoms with Crippen LogP contribution in [0.1, 0.15) is 16.1 Å². The normalized spacial score (nSPS) is 11.4. The van der Waals surface area contributed by atoms with Crippen LogP contribution in [-0.2, 0) is 0 Å². The van der Waals surface area contributed by atoms with Crippen LogP contribution in [0.25, 0.3) is 0 Å². The van der Waals surface area contributed by atoms with Crippen LogP contribution < -0.4 is 0 Å². The van der Waals surface area contributed by atoms with Gasteiger partial charge >= 0.3 is 0 Å². The summed E-state index contributed by atoms with van der Waals surface area (Å²) in [6.45, 7) is 0. The Morgan fingerprint density at radius 3 is 2.41 bits per heavy atom. The highest BCUT2D eigenvalue weighted by molar-refractivity contribution is 6.09. The number of hydrogen-bond donors (Lipinski definition) is 0. The number of ketones is 1. The van der Waals surface area contributed by atoms with Crippen LogP contribution in [0, 0.1) is 5.21 Å². The summed E-state index contributed by atoms with van der Waals surface area (Å²) in [5, 5.41) is 16.2. The SMILES string of the molecule is O=C(c1ccco1)c1ccccc1[N+]([O-])=Nc1ccccc1. The molecule has 1 aromatic heterocycles. The summed E-state index contributed by atoms with van der Waals surface area (Å²) in [7, 11) is 0. The van der Waals surface area contributed by atoms with Gasteiger partial charge in [-0.1, -0.05) is 30.3 Å². The molecule has 0 radical (unpaired) electrons. The van der Waals surface area contributed by atoms with Gasteiger partial charge in [0.15, 0.2) is 5.76 Å². The molecule has 0 aliphatic rings. The van der Waals surface area contributed by atoms with Crippen LogP contribution in [0.4, 0.5) is 11.4 Å². The number of para-hydroxylation sites is 1. The average Bonchev–Trinajstić information content (AvgIpc) is 3.09. The molecule has 3 rings (SSSR count). The number of carbonyl (C=O) groups excluding carboxylic acids is 1. The van der Waals surface area contributed by atoms with Crippen molar-refractivity contribution in [2.45, 2.75) is 0 Å². The van der Waals surface area contributed by atoms with E-state index in [0.29, 0.717) is 10.5 Å². The Labute approximate surface area is 126 Å². The molecular weight excluding hydrogens is 280 g/mol. The number of furan rings is 1. The lowest BCUT2D eigenvalue weighted by atomic mass is 10.1. The number of nitrogens with zero attached hydrogens (tertiary/aromatic N) is 2. The van der Waals surface area contributed by atoms with E-state index in [1.807, 2.05) is 6.07 Å². The Balaban J connectivity index is 2.01. The predicted molar refractivity (Wildman–Crippen MR) is 80.4 cm³/mol. The van der Waals surface area contributed by atoms with Crippen molar-refractivity contribution in [3.8, 4) is 0 Å². The summed E-state index contributed by atoms with van der Waals surface area (Å²) in [5.41, 5.74) is 0.928. The fraction of sp³-hybridized carbons (Fsp3) is 0. The molecule has 0 unspecified atom stereocenters. The molecule has 0 fully saturated rings. The highest BCUT2D eigenvalue weighted by Gasteiger charge is 2.21. The van der Waals surface area contributed by atoms with Crippen LogP contribution in [0.15, 0.2) is 82.5 Å². The van der Waals surface area contributed by atoms with Gasteiger partial charge in [-0.05, 0) is 35.2 Å². The molecule has 108 valence electrons. The van der Waals surface area contributed by atoms with Gasteiger partial charge in [-0.25, -0.2) is 0 Å². The van der Waals surface area contributed by atoms with E-state index in [1.165, 1.54) is 6.26 Å². The molecule has 0 saturated heterocycles. The van der Waals surface area contributed by atoms with E-state index in [9.17, 15) is 10.0 Å². The molecule has 0 amide bonds. The fourth-order valence-corrected chi connectivity index (χ4v) is 2.03. The van der Waals surface area contributed by atoms with Crippen LogP contribution in [0.2, 0.25) is 0 Å². The van der Waals surface area contributed by atoms with Crippen LogP contribution >= 0.6 is 0 Å². The van der Waals surface area contributed by atoms with Gasteiger partial charge in [0.2, 0.25) is 5.78 Å². The second-order valence-corrected chi connectivity index (χ2v) is 4.53. The minimum atomic E-state index is -0.357. The third-order valence-corrected chi connectivity index (χ3v) is 3.06. The van der Waals surface area contributed by atoms with Crippen molar-refractivity contribution in [1.29, 1.82) is 0 Å². The number of hydrogen-bond acceptors (Lipinski definition) is 4. The smallest absolute Gasteiger partial charge is 0.256 e. The quantitative estimate of drug-likeness (QED) is 0.309. The highest BCUT2D eigenvalue weighted by atomic mass is 16.5. The molecule has 0 saturated carbocycles. The van der Waals surface area contributed by atoms with Crippen molar-refractivity contribution < 1.29 is 14.1 Å². The highest BCUT2D eigenvalue weighted by Crippen LogP contribution is 2.24. The minimum absolute atomic E-state index is 0.174. The van der Waals surface area contributed by atoms with Crippen molar-refractivity contribution in [2.75, 3.05) is 0 Å². The summed E-state index contributed by atoms with van der Waals surface area (Å²) in [6.07, 6.45) is 1.42. The zero-order valence-corrected chi connectivity index (χ0v) is 11.5. The Bertz CT molecular complexity index is 809. The van der Waals surface area contributed by atoms with Crippen LogP contribution in [0.3, 0.4) is 0 Å². The summed E-state index contributed by atoms with van der Waals surface area (Å²) in [5.74, 6) is -0.176. The first-order valence-corrected chi connectivity index (χ1v) is 6.67. The van der Waals surface area contributed by atoms with Gasteiger partial charge in [0.05, 0.1) is 6.26 Å². The molecule has 0 spiro atoms. The third-order valence-electron chi connectivity index (χ3n) is 3.06. The number of azo groups is 1. The van der Waals surface area contributed by atoms with Crippen molar-refractivity contribution in [1.82, 2.24) is 0 Å². The lowest BCUT2D eigenvalue weighted by molar-refractivity contribution is -0.435. The maximum absolute atomic E-state index is 12.4. The maximum Gasteiger partial charge on any atom is 0.256 e. The first kappa shape index (κ1) is 13.8. The number of benzene rings is 2. The lowest BCUT2D eigenvalue weighted by Crippen LogP contribution is -2.04. The standard InChI is InChI=1S/C17H12N2O3/c20-17(16-11-6-12-22-16)14-9-4-5-10-15(14)19(21)18-13-7-2-1-3-8-13/h1-12H. The van der Waals surface area contributed by atoms with Crippen molar-refractivity contribution in [3.05, 3.63) is 89.5 Å². The fourth-order valence-electron chi connectivity index (χ4n) is 2.03. The van der Waals surface area contributed by atoms with Gasteiger partial charge in [0, 0.05) is 11.2 Å². The summed E-state index contributed by atoms with van der Waals surface area (Å²) < 4.78 is 5.10. The molecule has 0 aliphatic carbocycles. The number of carbonyl (C=O) groups is 1. The largest absolute Gasteiger partial charge is 0.594 e. The van der Waals surface area contributed by atoms with Gasteiger partial charge in [0.25, 0.3) is 5.69 Å². The molecule has 0 aliphatic heterocycles. The molecule has 22 heavy (non-hydrogen) atoms. The molecule has 5 nitrogen and oxygen atoms in total. The van der Waals surface area contributed by atoms with E-state index in [2.05, 4.69) is 5.11 Å². The summed E-state index contributed by atoms with van der Waals surface area (Å²) in [4.78, 5) is 12.8. The van der Waals surface area contributed by atoms with Crippen molar-refractivity contribution in [2.24, 2.45) is 5.11 Å². The first-order chi connectivity index (χ1) is 10.8. The Morgan fingerprint density at radius 2 is 1.68 bits per heavy atom. The van der Waals surface area contributed by atoms with Gasteiger partial charge in [-0.2, -0.15) is 0 Å². The third kappa shape index (κ3) is 2.78. The van der Waals surface area contributed by atoms with E-state index in [0.717, 1.165) is 0 Å². The minimum Gasteiger partial charge on any atom is -0.594 e. The van der Waals surface area contributed by atoms with Crippen molar-refractivity contribution >= 4 is 17.2 Å². The Morgan fingerprint density at radius 1 is 0.955 bits per heavy atom. The molecule has 0 N–H and O–H groups in total. The van der Waals surface area contributed by atoms with E-state index < -0.39 is 0 Å². The zero-order valence-electron chi connectivity index (χ0n) is 11.5. The molecule has 3 aromatic rings. The van der Waals surface area contributed by atoms with Gasteiger partial charge < -0.3 is 9.62 Å². The molecular formula is C17H12N2O3. The number of rotatable bonds is 4. The van der Waals surface area contributed by atoms with E-state index in [-0.39, 0.29) is 22.8 Å². The average molecular weight is 292 g/mol. The van der Waals surface area contributed by atoms with Gasteiger partial charge in [-0.15, -0.1) is 0 Å². The second-order valence-electron chi connectivity index (χ2n) is 4.53. The van der Waals surface area contributed by atoms with Gasteiger partial charge in [-0.3, -0.25) is 4.79 Å². The molecule has 0 atom stereocenters. The zero-order chi connectivity index (χ0) is 15.4. The predicted octanol–water partition coefficient (Wildman–Crippen LogP) is 4.44. The second kappa shape index (κ2) is 6.05. The summed E-state index contributed by atoms with van der Waals surface area (Å²) in [6, 6.07) is 18.5. The van der Waals surface area contributed by atoms with Crippen molar-refractivity contribution in [3.63, 3.8) is 0 Å². The monoisotopic (exact) mass is 292 g/mol. The molecule has 1 heterocycles. The molecule has 0 bridgehead atoms. The Hall–Kier alpha value is -3.21. The molecule has 5 heteroatoms. The molecule has 2 aromatic carbocycles. The topological polar surface area (TPSA) is 68.6 Å². The lowest BCUT2D eigenvalue weighted by Gasteiger charge is -2.04. The van der Waals surface area contributed by atoms with E-state index >= 15 is 0 Å². The van der Waals surface area contributed by atoms with E-state index in [1.54, 1.807) is 60.7 Å². The first-order valence-electron chi connectivity index (χ1n) is 6.67. The van der Waals surface area contributed by atoms with Crippen LogP contribution in [-0.4, -0.2) is 10.6 Å².